The summed E-state index contributed by atoms with van der Waals surface area (Å²) in [4.78, 5) is 44.0. The van der Waals surface area contributed by atoms with Gasteiger partial charge in [-0.15, -0.1) is 0 Å². The molecule has 0 saturated heterocycles. The standard InChI is InChI=1S/C29H27N7O2/c1-18(27(38)35(2)3)34-26(37)24-8-6-20(14-31-24)21-15-32-28-33-16-25(36(28)17-21)29(10-11-29)22-7-9-23-19(13-22)5-4-12-30-23/h4-9,12-18H,10-11H2,1-3H3,(H,34,37)/t18-/m0/s1. The lowest BCUT2D eigenvalue weighted by atomic mass is 9.91. The molecule has 0 radical (unpaired) electrons. The number of benzene rings is 1. The molecule has 0 bridgehead atoms. The highest BCUT2D eigenvalue weighted by molar-refractivity contribution is 5.96. The van der Waals surface area contributed by atoms with Crippen molar-refractivity contribution in [1.29, 1.82) is 0 Å². The van der Waals surface area contributed by atoms with Crippen molar-refractivity contribution in [2.75, 3.05) is 14.1 Å². The van der Waals surface area contributed by atoms with Gasteiger partial charge in [0.25, 0.3) is 5.91 Å². The fourth-order valence-corrected chi connectivity index (χ4v) is 4.99. The van der Waals surface area contributed by atoms with Gasteiger partial charge >= 0.3 is 0 Å². The third-order valence-electron chi connectivity index (χ3n) is 7.25. The number of likely N-dealkylation sites (N-methyl/N-ethyl adjacent to an activating group) is 1. The van der Waals surface area contributed by atoms with Gasteiger partial charge in [0.15, 0.2) is 0 Å². The van der Waals surface area contributed by atoms with Crippen molar-refractivity contribution in [3.63, 3.8) is 0 Å². The molecule has 6 rings (SSSR count). The van der Waals surface area contributed by atoms with Crippen LogP contribution in [-0.2, 0) is 10.2 Å². The van der Waals surface area contributed by atoms with E-state index >= 15 is 0 Å². The van der Waals surface area contributed by atoms with Crippen molar-refractivity contribution in [1.82, 2.24) is 34.6 Å². The zero-order chi connectivity index (χ0) is 26.4. The molecule has 38 heavy (non-hydrogen) atoms. The first-order valence-corrected chi connectivity index (χ1v) is 12.5. The number of fused-ring (bicyclic) bond motifs is 2. The molecule has 4 heterocycles. The van der Waals surface area contributed by atoms with E-state index in [1.54, 1.807) is 39.5 Å². The second-order valence-electron chi connectivity index (χ2n) is 10.0. The molecular formula is C29H27N7O2. The number of carbonyl (C=O) groups is 2. The van der Waals surface area contributed by atoms with Crippen molar-refractivity contribution < 1.29 is 9.59 Å². The number of aromatic nitrogens is 5. The summed E-state index contributed by atoms with van der Waals surface area (Å²) in [7, 11) is 3.30. The van der Waals surface area contributed by atoms with Crippen LogP contribution in [0.25, 0.3) is 27.8 Å². The van der Waals surface area contributed by atoms with Crippen LogP contribution in [0.4, 0.5) is 0 Å². The van der Waals surface area contributed by atoms with Gasteiger partial charge in [-0.1, -0.05) is 18.2 Å². The number of hydrogen-bond donors (Lipinski definition) is 1. The molecule has 1 atom stereocenters. The van der Waals surface area contributed by atoms with Crippen LogP contribution in [0.1, 0.15) is 41.5 Å². The molecule has 1 aliphatic carbocycles. The normalized spacial score (nSPS) is 14.8. The molecule has 1 N–H and O–H groups in total. The molecule has 5 aromatic rings. The van der Waals surface area contributed by atoms with Gasteiger partial charge < -0.3 is 10.2 Å². The molecule has 0 unspecified atom stereocenters. The van der Waals surface area contributed by atoms with Crippen molar-refractivity contribution in [2.24, 2.45) is 0 Å². The fourth-order valence-electron chi connectivity index (χ4n) is 4.99. The van der Waals surface area contributed by atoms with Crippen molar-refractivity contribution >= 4 is 28.5 Å². The van der Waals surface area contributed by atoms with Gasteiger partial charge in [-0.05, 0) is 49.6 Å². The third-order valence-corrected chi connectivity index (χ3v) is 7.25. The monoisotopic (exact) mass is 505 g/mol. The molecule has 9 heteroatoms. The first-order valence-electron chi connectivity index (χ1n) is 12.5. The summed E-state index contributed by atoms with van der Waals surface area (Å²) in [5.41, 5.74) is 5.17. The van der Waals surface area contributed by atoms with E-state index in [4.69, 9.17) is 0 Å². The van der Waals surface area contributed by atoms with Gasteiger partial charge in [-0.3, -0.25) is 24.0 Å². The Morgan fingerprint density at radius 2 is 1.76 bits per heavy atom. The Labute approximate surface area is 219 Å². The van der Waals surface area contributed by atoms with Crippen molar-refractivity contribution in [3.05, 3.63) is 90.4 Å². The minimum atomic E-state index is -0.640. The Balaban J connectivity index is 1.29. The van der Waals surface area contributed by atoms with Gasteiger partial charge in [0.2, 0.25) is 11.7 Å². The van der Waals surface area contributed by atoms with Gasteiger partial charge in [0.1, 0.15) is 11.7 Å². The molecule has 1 aromatic carbocycles. The van der Waals surface area contributed by atoms with E-state index in [0.717, 1.165) is 40.6 Å². The summed E-state index contributed by atoms with van der Waals surface area (Å²) in [5, 5.41) is 3.82. The minimum Gasteiger partial charge on any atom is -0.347 e. The van der Waals surface area contributed by atoms with Gasteiger partial charge in [0, 0.05) is 60.8 Å². The zero-order valence-electron chi connectivity index (χ0n) is 21.4. The fraction of sp³-hybridized carbons (Fsp3) is 0.241. The maximum Gasteiger partial charge on any atom is 0.270 e. The van der Waals surface area contributed by atoms with E-state index in [0.29, 0.717) is 5.78 Å². The number of carbonyl (C=O) groups excluding carboxylic acids is 2. The number of nitrogens with zero attached hydrogens (tertiary/aromatic N) is 6. The van der Waals surface area contributed by atoms with Gasteiger partial charge in [-0.25, -0.2) is 9.97 Å². The molecule has 1 saturated carbocycles. The number of rotatable bonds is 6. The lowest BCUT2D eigenvalue weighted by molar-refractivity contribution is -0.130. The number of amides is 2. The Bertz CT molecular complexity index is 1690. The Morgan fingerprint density at radius 3 is 2.50 bits per heavy atom. The van der Waals surface area contributed by atoms with Crippen LogP contribution in [0.15, 0.2) is 73.4 Å². The smallest absolute Gasteiger partial charge is 0.270 e. The van der Waals surface area contributed by atoms with Crippen LogP contribution in [0.2, 0.25) is 0 Å². The topological polar surface area (TPSA) is 105 Å². The SMILES string of the molecule is C[C@H](NC(=O)c1ccc(-c2cnc3ncc(C4(c5ccc6ncccc6c5)CC4)n3c2)cn1)C(=O)N(C)C. The van der Waals surface area contributed by atoms with Crippen LogP contribution in [0, 0.1) is 0 Å². The highest BCUT2D eigenvalue weighted by Crippen LogP contribution is 2.53. The summed E-state index contributed by atoms with van der Waals surface area (Å²) in [6.07, 6.45) is 11.3. The van der Waals surface area contributed by atoms with E-state index in [2.05, 4.69) is 53.9 Å². The van der Waals surface area contributed by atoms with Crippen LogP contribution >= 0.6 is 0 Å². The molecule has 1 aliphatic rings. The van der Waals surface area contributed by atoms with Crippen molar-refractivity contribution in [3.8, 4) is 11.1 Å². The number of pyridine rings is 2. The largest absolute Gasteiger partial charge is 0.347 e. The molecule has 9 nitrogen and oxygen atoms in total. The summed E-state index contributed by atoms with van der Waals surface area (Å²) in [6.45, 7) is 1.65. The van der Waals surface area contributed by atoms with Crippen LogP contribution in [-0.4, -0.2) is 61.2 Å². The molecule has 0 aliphatic heterocycles. The van der Waals surface area contributed by atoms with E-state index in [9.17, 15) is 9.59 Å². The predicted molar refractivity (Wildman–Crippen MR) is 144 cm³/mol. The third kappa shape index (κ3) is 4.06. The van der Waals surface area contributed by atoms with Gasteiger partial charge in [-0.2, -0.15) is 0 Å². The first-order chi connectivity index (χ1) is 18.4. The maximum absolute atomic E-state index is 12.6. The Kier molecular flexibility index (Phi) is 5.63. The molecule has 0 spiro atoms. The summed E-state index contributed by atoms with van der Waals surface area (Å²) in [6, 6.07) is 13.4. The second kappa shape index (κ2) is 9.02. The highest BCUT2D eigenvalue weighted by Gasteiger charge is 2.48. The molecular weight excluding hydrogens is 478 g/mol. The Morgan fingerprint density at radius 1 is 0.974 bits per heavy atom. The summed E-state index contributed by atoms with van der Waals surface area (Å²) >= 11 is 0. The van der Waals surface area contributed by atoms with Gasteiger partial charge in [0.05, 0.1) is 17.4 Å². The number of imidazole rings is 1. The lowest BCUT2D eigenvalue weighted by Crippen LogP contribution is -2.44. The number of nitrogens with one attached hydrogen (secondary N) is 1. The highest BCUT2D eigenvalue weighted by atomic mass is 16.2. The van der Waals surface area contributed by atoms with E-state index in [1.807, 2.05) is 30.7 Å². The van der Waals surface area contributed by atoms with Crippen LogP contribution in [0.3, 0.4) is 0 Å². The molecule has 4 aromatic heterocycles. The average Bonchev–Trinajstić information content (AvgIpc) is 3.64. The van der Waals surface area contributed by atoms with Crippen LogP contribution in [0.5, 0.6) is 0 Å². The quantitative estimate of drug-likeness (QED) is 0.378. The Hall–Kier alpha value is -4.66. The second-order valence-corrected chi connectivity index (χ2v) is 10.0. The number of hydrogen-bond acceptors (Lipinski definition) is 6. The van der Waals surface area contributed by atoms with E-state index in [-0.39, 0.29) is 17.0 Å². The summed E-state index contributed by atoms with van der Waals surface area (Å²) < 4.78 is 2.06. The molecule has 2 amide bonds. The molecule has 1 fully saturated rings. The van der Waals surface area contributed by atoms with E-state index < -0.39 is 11.9 Å². The minimum absolute atomic E-state index is 0.107. The maximum atomic E-state index is 12.6. The molecule has 190 valence electrons. The predicted octanol–water partition coefficient (Wildman–Crippen LogP) is 3.63. The zero-order valence-corrected chi connectivity index (χ0v) is 21.4. The first kappa shape index (κ1) is 23.7. The van der Waals surface area contributed by atoms with Crippen molar-refractivity contribution in [2.45, 2.75) is 31.2 Å². The van der Waals surface area contributed by atoms with Crippen LogP contribution < -0.4 is 5.32 Å². The average molecular weight is 506 g/mol. The van der Waals surface area contributed by atoms with E-state index in [1.165, 1.54) is 10.5 Å². The summed E-state index contributed by atoms with van der Waals surface area (Å²) in [5.74, 6) is 0.0613. The lowest BCUT2D eigenvalue weighted by Gasteiger charge is -2.17.